The van der Waals surface area contributed by atoms with E-state index < -0.39 is 11.8 Å². The Morgan fingerprint density at radius 1 is 0.595 bits per heavy atom. The second-order valence-electron chi connectivity index (χ2n) is 10.9. The van der Waals surface area contributed by atoms with Crippen LogP contribution < -0.4 is 9.47 Å². The molecule has 4 heteroatoms. The molecule has 0 bridgehead atoms. The Balaban J connectivity index is 1.65. The number of carbonyl (C=O) groups excluding carboxylic acids is 2. The molecule has 196 valence electrons. The van der Waals surface area contributed by atoms with Gasteiger partial charge in [-0.1, -0.05) is 76.2 Å². The third-order valence-electron chi connectivity index (χ3n) is 6.42. The van der Waals surface area contributed by atoms with Crippen LogP contribution in [0.1, 0.15) is 81.2 Å². The maximum Gasteiger partial charge on any atom is 0.318 e. The first-order valence-electron chi connectivity index (χ1n) is 13.2. The predicted molar refractivity (Wildman–Crippen MR) is 149 cm³/mol. The van der Waals surface area contributed by atoms with Crippen LogP contribution in [0.3, 0.4) is 0 Å². The Morgan fingerprint density at radius 3 is 1.27 bits per heavy atom. The molecule has 0 N–H and O–H groups in total. The Labute approximate surface area is 222 Å². The van der Waals surface area contributed by atoms with E-state index in [1.807, 2.05) is 45.0 Å². The van der Waals surface area contributed by atoms with Gasteiger partial charge in [0.2, 0.25) is 0 Å². The van der Waals surface area contributed by atoms with Gasteiger partial charge in [0.05, 0.1) is 11.8 Å². The highest BCUT2D eigenvalue weighted by molar-refractivity contribution is 5.81. The highest BCUT2D eigenvalue weighted by Crippen LogP contribution is 2.27. The largest absolute Gasteiger partial charge is 0.426 e. The zero-order valence-electron chi connectivity index (χ0n) is 23.2. The lowest BCUT2D eigenvalue weighted by Gasteiger charge is -2.15. The molecule has 0 fully saturated rings. The summed E-state index contributed by atoms with van der Waals surface area (Å²) in [5.74, 6) is 0.344. The molecule has 0 aliphatic carbocycles. The first-order valence-corrected chi connectivity index (χ1v) is 13.2. The molecular formula is C33H40O4. The molecule has 3 rings (SSSR count). The van der Waals surface area contributed by atoms with E-state index >= 15 is 0 Å². The normalized spacial score (nSPS) is 12.9. The number of hydrogen-bond acceptors (Lipinski definition) is 4. The van der Waals surface area contributed by atoms with Gasteiger partial charge < -0.3 is 9.47 Å². The van der Waals surface area contributed by atoms with Crippen molar-refractivity contribution in [3.63, 3.8) is 0 Å². The number of aryl methyl sites for hydroxylation is 1. The van der Waals surface area contributed by atoms with Crippen molar-refractivity contribution < 1.29 is 19.1 Å². The number of benzene rings is 3. The topological polar surface area (TPSA) is 52.6 Å². The summed E-state index contributed by atoms with van der Waals surface area (Å²) in [5.41, 5.74) is 5.16. The highest BCUT2D eigenvalue weighted by Gasteiger charge is 2.21. The smallest absolute Gasteiger partial charge is 0.318 e. The molecule has 37 heavy (non-hydrogen) atoms. The molecule has 0 aliphatic rings. The zero-order chi connectivity index (χ0) is 27.1. The third kappa shape index (κ3) is 8.31. The van der Waals surface area contributed by atoms with Crippen molar-refractivity contribution in [2.45, 2.75) is 73.1 Å². The standard InChI is InChI=1S/C33H40O4/c1-21(2)16-26-8-12-28(13-9-26)24(6)32(34)36-30-18-23(5)19-31(20-30)37-33(35)25(7)29-14-10-27(11-15-29)17-22(3)4/h8-15,18-22,24-25H,16-17H2,1-7H3/t24-,25-/m1/s1. The molecule has 0 saturated carbocycles. The summed E-state index contributed by atoms with van der Waals surface area (Å²) < 4.78 is 11.4. The van der Waals surface area contributed by atoms with Crippen molar-refractivity contribution in [1.82, 2.24) is 0 Å². The Bertz CT molecular complexity index is 1100. The summed E-state index contributed by atoms with van der Waals surface area (Å²) in [4.78, 5) is 25.8. The van der Waals surface area contributed by atoms with Crippen LogP contribution in [0, 0.1) is 18.8 Å². The maximum atomic E-state index is 12.9. The monoisotopic (exact) mass is 500 g/mol. The summed E-state index contributed by atoms with van der Waals surface area (Å²) in [6, 6.07) is 21.4. The van der Waals surface area contributed by atoms with Gasteiger partial charge >= 0.3 is 11.9 Å². The molecule has 4 nitrogen and oxygen atoms in total. The third-order valence-corrected chi connectivity index (χ3v) is 6.42. The van der Waals surface area contributed by atoms with Crippen LogP contribution in [0.4, 0.5) is 0 Å². The van der Waals surface area contributed by atoms with Gasteiger partial charge in [0.25, 0.3) is 0 Å². The first kappa shape index (κ1) is 28.2. The zero-order valence-corrected chi connectivity index (χ0v) is 23.2. The van der Waals surface area contributed by atoms with E-state index in [2.05, 4.69) is 52.0 Å². The molecule has 0 radical (unpaired) electrons. The van der Waals surface area contributed by atoms with Crippen LogP contribution in [0.25, 0.3) is 0 Å². The molecule has 0 saturated heterocycles. The minimum absolute atomic E-state index is 0.352. The van der Waals surface area contributed by atoms with E-state index in [9.17, 15) is 9.59 Å². The van der Waals surface area contributed by atoms with Gasteiger partial charge in [0.15, 0.2) is 0 Å². The summed E-state index contributed by atoms with van der Waals surface area (Å²) in [6.45, 7) is 14.3. The lowest BCUT2D eigenvalue weighted by molar-refractivity contribution is -0.136. The van der Waals surface area contributed by atoms with Crippen LogP contribution in [-0.4, -0.2) is 11.9 Å². The Morgan fingerprint density at radius 2 is 0.946 bits per heavy atom. The average Bonchev–Trinajstić information content (AvgIpc) is 2.83. The quantitative estimate of drug-likeness (QED) is 0.210. The first-order chi connectivity index (χ1) is 17.5. The van der Waals surface area contributed by atoms with Crippen LogP contribution in [0.15, 0.2) is 66.7 Å². The van der Waals surface area contributed by atoms with Crippen molar-refractivity contribution in [3.8, 4) is 11.5 Å². The molecule has 3 aromatic carbocycles. The average molecular weight is 501 g/mol. The summed E-state index contributed by atoms with van der Waals surface area (Å²) in [5, 5.41) is 0. The lowest BCUT2D eigenvalue weighted by Crippen LogP contribution is -2.18. The van der Waals surface area contributed by atoms with Crippen molar-refractivity contribution in [3.05, 3.63) is 94.5 Å². The van der Waals surface area contributed by atoms with E-state index in [0.717, 1.165) is 29.5 Å². The number of esters is 2. The Kier molecular flexibility index (Phi) is 9.68. The van der Waals surface area contributed by atoms with Crippen LogP contribution >= 0.6 is 0 Å². The van der Waals surface area contributed by atoms with Crippen LogP contribution in [0.2, 0.25) is 0 Å². The SMILES string of the molecule is Cc1cc(OC(=O)[C@H](C)c2ccc(CC(C)C)cc2)cc(OC(=O)[C@H](C)c2ccc(CC(C)C)cc2)c1. The molecule has 0 aliphatic heterocycles. The highest BCUT2D eigenvalue weighted by atomic mass is 16.5. The van der Waals surface area contributed by atoms with Gasteiger partial charge in [-0.25, -0.2) is 0 Å². The van der Waals surface area contributed by atoms with E-state index in [1.165, 1.54) is 11.1 Å². The van der Waals surface area contributed by atoms with Crippen LogP contribution in [0.5, 0.6) is 11.5 Å². The van der Waals surface area contributed by atoms with Gasteiger partial charge in [-0.05, 0) is 85.4 Å². The second kappa shape index (κ2) is 12.7. The summed E-state index contributed by atoms with van der Waals surface area (Å²) >= 11 is 0. The van der Waals surface area contributed by atoms with E-state index in [0.29, 0.717) is 23.3 Å². The molecule has 0 aromatic heterocycles. The minimum atomic E-state index is -0.418. The molecule has 0 heterocycles. The van der Waals surface area contributed by atoms with Gasteiger partial charge in [-0.3, -0.25) is 9.59 Å². The second-order valence-corrected chi connectivity index (χ2v) is 10.9. The minimum Gasteiger partial charge on any atom is -0.426 e. The van der Waals surface area contributed by atoms with Gasteiger partial charge in [-0.15, -0.1) is 0 Å². The molecule has 2 atom stereocenters. The fourth-order valence-electron chi connectivity index (χ4n) is 4.34. The van der Waals surface area contributed by atoms with Crippen molar-refractivity contribution in [2.75, 3.05) is 0 Å². The fourth-order valence-corrected chi connectivity index (χ4v) is 4.34. The number of hydrogen-bond donors (Lipinski definition) is 0. The number of ether oxygens (including phenoxy) is 2. The van der Waals surface area contributed by atoms with Crippen molar-refractivity contribution in [1.29, 1.82) is 0 Å². The van der Waals surface area contributed by atoms with Gasteiger partial charge in [0, 0.05) is 6.07 Å². The molecule has 0 unspecified atom stereocenters. The number of rotatable bonds is 10. The van der Waals surface area contributed by atoms with E-state index in [4.69, 9.17) is 9.47 Å². The van der Waals surface area contributed by atoms with Crippen molar-refractivity contribution >= 4 is 11.9 Å². The predicted octanol–water partition coefficient (Wildman–Crippen LogP) is 7.81. The Hall–Kier alpha value is -3.40. The van der Waals surface area contributed by atoms with Crippen LogP contribution in [-0.2, 0) is 22.4 Å². The molecular weight excluding hydrogens is 460 g/mol. The van der Waals surface area contributed by atoms with Gasteiger partial charge in [0.1, 0.15) is 11.5 Å². The lowest BCUT2D eigenvalue weighted by atomic mass is 9.97. The van der Waals surface area contributed by atoms with Crippen molar-refractivity contribution in [2.24, 2.45) is 11.8 Å². The number of carbonyl (C=O) groups is 2. The summed E-state index contributed by atoms with van der Waals surface area (Å²) in [7, 11) is 0. The molecule has 3 aromatic rings. The molecule has 0 spiro atoms. The maximum absolute atomic E-state index is 12.9. The van der Waals surface area contributed by atoms with E-state index in [1.54, 1.807) is 18.2 Å². The molecule has 0 amide bonds. The fraction of sp³-hybridized carbons (Fsp3) is 0.394. The van der Waals surface area contributed by atoms with E-state index in [-0.39, 0.29) is 11.9 Å². The van der Waals surface area contributed by atoms with Gasteiger partial charge in [-0.2, -0.15) is 0 Å². The summed E-state index contributed by atoms with van der Waals surface area (Å²) in [6.07, 6.45) is 2.01.